The molecule has 0 saturated heterocycles. The predicted molar refractivity (Wildman–Crippen MR) is 56.0 cm³/mol. The van der Waals surface area contributed by atoms with Crippen LogP contribution in [0.25, 0.3) is 0 Å². The van der Waals surface area contributed by atoms with Crippen LogP contribution in [0.2, 0.25) is 0 Å². The van der Waals surface area contributed by atoms with Gasteiger partial charge < -0.3 is 51.6 Å². The van der Waals surface area contributed by atoms with Crippen molar-refractivity contribution in [1.29, 1.82) is 0 Å². The van der Waals surface area contributed by atoms with E-state index in [2.05, 4.69) is 0 Å². The van der Waals surface area contributed by atoms with Gasteiger partial charge >= 0.3 is 65.1 Å². The number of aliphatic hydroxyl groups is 1. The van der Waals surface area contributed by atoms with Crippen molar-refractivity contribution in [1.82, 2.24) is 0 Å². The average molecular weight is 350 g/mol. The summed E-state index contributed by atoms with van der Waals surface area (Å²) in [5.74, 6) is -6.49. The first kappa shape index (κ1) is 43.0. The van der Waals surface area contributed by atoms with Crippen molar-refractivity contribution in [3.8, 4) is 0 Å². The van der Waals surface area contributed by atoms with Gasteiger partial charge in [0.1, 0.15) is 0 Å². The van der Waals surface area contributed by atoms with Gasteiger partial charge in [-0.25, -0.2) is 4.79 Å². The first-order chi connectivity index (χ1) is 7.51. The summed E-state index contributed by atoms with van der Waals surface area (Å²) in [5, 5.41) is 44.6. The molecule has 14 heteroatoms. The zero-order chi connectivity index (χ0) is 14.2. The summed E-state index contributed by atoms with van der Waals surface area (Å²) in [5.41, 5.74) is -2.86. The minimum atomic E-state index is -2.86. The molecule has 22 heavy (non-hydrogen) atoms. The molecule has 0 atom stereocenters. The number of carboxylic acid groups (broad SMARTS) is 4. The molecule has 0 aliphatic carbocycles. The van der Waals surface area contributed by atoms with Gasteiger partial charge in [0.15, 0.2) is 5.60 Å². The summed E-state index contributed by atoms with van der Waals surface area (Å²) < 4.78 is 0. The van der Waals surface area contributed by atoms with E-state index in [1.165, 1.54) is 0 Å². The number of aliphatic carboxylic acids is 4. The Balaban J connectivity index is -0.0000000450. The van der Waals surface area contributed by atoms with Crippen molar-refractivity contribution in [3.63, 3.8) is 0 Å². The third-order valence-electron chi connectivity index (χ3n) is 1.27. The number of hydrogen-bond donors (Lipinski definition) is 3. The Morgan fingerprint density at radius 3 is 1.14 bits per heavy atom. The van der Waals surface area contributed by atoms with Crippen molar-refractivity contribution in [2.45, 2.75) is 25.4 Å². The molecule has 0 heterocycles. The molecule has 0 rings (SSSR count). The Kier molecular flexibility index (Phi) is 40.5. The average Bonchev–Trinajstić information content (AvgIpc) is 1.98. The number of hydrogen-bond acceptors (Lipinski definition) is 7. The number of carbonyl (C=O) groups is 4. The summed E-state index contributed by atoms with van der Waals surface area (Å²) in [4.78, 5) is 39.2. The molecule has 0 bridgehead atoms. The van der Waals surface area contributed by atoms with E-state index in [9.17, 15) is 24.6 Å². The molecule has 0 aliphatic heterocycles. The van der Waals surface area contributed by atoms with Gasteiger partial charge in [0, 0.05) is 31.7 Å². The molecule has 0 aromatic rings. The minimum Gasteiger partial charge on any atom is -0.550 e. The van der Waals surface area contributed by atoms with Gasteiger partial charge in [-0.15, -0.1) is 0 Å². The standard InChI is InChI=1S/C6H8O7.C2H4O2.2Na.3H2O/c7-3(8)1-6(13,5(11)12)2-4(9)10;1-2(3)4;;;;;/h13H,1-2H2,(H,7,8)(H,9,10)(H,11,12);1H3,(H,3,4);;;3*1H2/q;;2*+1;;;/p-2. The van der Waals surface area contributed by atoms with E-state index in [1.54, 1.807) is 0 Å². The van der Waals surface area contributed by atoms with E-state index in [1.807, 2.05) is 0 Å². The second-order valence-corrected chi connectivity index (χ2v) is 2.95. The molecule has 0 fully saturated rings. The van der Waals surface area contributed by atoms with Gasteiger partial charge in [-0.05, 0) is 0 Å². The summed E-state index contributed by atoms with van der Waals surface area (Å²) in [6.07, 6.45) is -2.59. The second kappa shape index (κ2) is 20.7. The third-order valence-corrected chi connectivity index (χ3v) is 1.27. The van der Waals surface area contributed by atoms with E-state index in [-0.39, 0.29) is 75.5 Å². The third kappa shape index (κ3) is 28.0. The molecule has 122 valence electrons. The molecule has 0 unspecified atom stereocenters. The van der Waals surface area contributed by atoms with Gasteiger partial charge in [0.25, 0.3) is 5.97 Å². The monoisotopic (exact) mass is 350 g/mol. The quantitative estimate of drug-likeness (QED) is 0.396. The summed E-state index contributed by atoms with van der Waals surface area (Å²) in [6, 6.07) is 0. The molecule has 0 saturated carbocycles. The molecule has 0 aromatic heterocycles. The van der Waals surface area contributed by atoms with Gasteiger partial charge in [-0.1, -0.05) is 0 Å². The van der Waals surface area contributed by atoms with Crippen LogP contribution in [0.5, 0.6) is 0 Å². The molecule has 0 aliphatic rings. The minimum absolute atomic E-state index is 0. The molecule has 9 N–H and O–H groups in total. The summed E-state index contributed by atoms with van der Waals surface area (Å²) in [6.45, 7) is 1.08. The maximum absolute atomic E-state index is 10.3. The molecule has 0 spiro atoms. The van der Waals surface area contributed by atoms with Crippen LogP contribution in [0.15, 0.2) is 0 Å². The fourth-order valence-corrected chi connectivity index (χ4v) is 0.691. The number of carbonyl (C=O) groups excluding carboxylic acids is 2. The normalized spacial score (nSPS) is 7.55. The molecular weight excluding hydrogens is 334 g/mol. The first-order valence-corrected chi connectivity index (χ1v) is 4.06. The smallest absolute Gasteiger partial charge is 0.550 e. The van der Waals surface area contributed by atoms with Crippen LogP contribution in [-0.2, 0) is 19.2 Å². The second-order valence-electron chi connectivity index (χ2n) is 2.95. The fourth-order valence-electron chi connectivity index (χ4n) is 0.691. The van der Waals surface area contributed by atoms with Crippen molar-refractivity contribution >= 4 is 23.9 Å². The van der Waals surface area contributed by atoms with E-state index < -0.39 is 42.3 Å². The van der Waals surface area contributed by atoms with Gasteiger partial charge in [-0.2, -0.15) is 0 Å². The zero-order valence-electron chi connectivity index (χ0n) is 12.2. The maximum atomic E-state index is 10.3. The fraction of sp³-hybridized carbons (Fsp3) is 0.500. The van der Waals surface area contributed by atoms with E-state index in [0.29, 0.717) is 0 Å². The van der Waals surface area contributed by atoms with Crippen LogP contribution in [-0.4, -0.2) is 61.2 Å². The van der Waals surface area contributed by atoms with Crippen LogP contribution in [0, 0.1) is 0 Å². The molecule has 0 radical (unpaired) electrons. The van der Waals surface area contributed by atoms with E-state index in [0.717, 1.165) is 6.92 Å². The predicted octanol–water partition coefficient (Wildman–Crippen LogP) is -12.3. The first-order valence-electron chi connectivity index (χ1n) is 4.06. The maximum Gasteiger partial charge on any atom is 1.00 e. The largest absolute Gasteiger partial charge is 1.00 e. The van der Waals surface area contributed by atoms with E-state index in [4.69, 9.17) is 20.1 Å². The van der Waals surface area contributed by atoms with Gasteiger partial charge in [0.2, 0.25) is 0 Å². The van der Waals surface area contributed by atoms with Crippen LogP contribution < -0.4 is 69.3 Å². The van der Waals surface area contributed by atoms with Crippen molar-refractivity contribution in [3.05, 3.63) is 0 Å². The van der Waals surface area contributed by atoms with Crippen molar-refractivity contribution in [2.75, 3.05) is 0 Å². The molecular formula is C8H16Na2O12. The Morgan fingerprint density at radius 1 is 0.864 bits per heavy atom. The molecule has 0 aromatic carbocycles. The molecule has 0 amide bonds. The van der Waals surface area contributed by atoms with Crippen molar-refractivity contribution in [2.24, 2.45) is 0 Å². The SMILES string of the molecule is CC(=O)O.O.O.O.O=C([O-])CC(O)(CC(=O)[O-])C(=O)O.[Na+].[Na+]. The van der Waals surface area contributed by atoms with Crippen molar-refractivity contribution < 1.29 is 120 Å². The topological polar surface area (TPSA) is 270 Å². The summed E-state index contributed by atoms with van der Waals surface area (Å²) in [7, 11) is 0. The van der Waals surface area contributed by atoms with Gasteiger partial charge in [-0.3, -0.25) is 4.79 Å². The summed E-state index contributed by atoms with van der Waals surface area (Å²) >= 11 is 0. The van der Waals surface area contributed by atoms with Crippen LogP contribution in [0.4, 0.5) is 0 Å². The van der Waals surface area contributed by atoms with Crippen LogP contribution in [0.3, 0.4) is 0 Å². The van der Waals surface area contributed by atoms with Crippen LogP contribution in [0.1, 0.15) is 19.8 Å². The Hall–Kier alpha value is -0.280. The Bertz CT molecular complexity index is 311. The molecule has 12 nitrogen and oxygen atoms in total. The zero-order valence-corrected chi connectivity index (χ0v) is 16.2. The van der Waals surface area contributed by atoms with Gasteiger partial charge in [0.05, 0.1) is 0 Å². The Morgan fingerprint density at radius 2 is 1.05 bits per heavy atom. The Labute approximate surface area is 168 Å². The van der Waals surface area contributed by atoms with E-state index >= 15 is 0 Å². The van der Waals surface area contributed by atoms with Crippen LogP contribution >= 0.6 is 0 Å². The number of rotatable bonds is 5. The number of carboxylic acids is 4.